The van der Waals surface area contributed by atoms with Crippen LogP contribution in [0.1, 0.15) is 6.92 Å². The van der Waals surface area contributed by atoms with Crippen LogP contribution in [0.2, 0.25) is 0 Å². The number of halogens is 7. The molecule has 0 spiro atoms. The van der Waals surface area contributed by atoms with E-state index >= 15 is 0 Å². The van der Waals surface area contributed by atoms with Gasteiger partial charge in [-0.25, -0.2) is 4.39 Å². The fraction of sp³-hybridized carbons (Fsp3) is 1.00. The summed E-state index contributed by atoms with van der Waals surface area (Å²) < 4.78 is 92.5. The molecule has 0 amide bonds. The minimum absolute atomic E-state index is 0.438. The highest BCUT2D eigenvalue weighted by atomic mass is 19.4. The molecule has 1 aliphatic rings. The Bertz CT molecular complexity index is 265. The van der Waals surface area contributed by atoms with Crippen molar-refractivity contribution in [1.82, 2.24) is 0 Å². The zero-order valence-corrected chi connectivity index (χ0v) is 7.17. The van der Waals surface area contributed by atoms with Gasteiger partial charge in [0, 0.05) is 0 Å². The molecule has 1 heterocycles. The number of rotatable bonds is 1. The average Bonchev–Trinajstić information content (AvgIpc) is 2.19. The second-order valence-electron chi connectivity index (χ2n) is 3.08. The molecule has 9 heteroatoms. The molecule has 90 valence electrons. The lowest BCUT2D eigenvalue weighted by atomic mass is 10.3. The van der Waals surface area contributed by atoms with Gasteiger partial charge in [0.15, 0.2) is 0 Å². The Morgan fingerprint density at radius 2 is 1.53 bits per heavy atom. The highest BCUT2D eigenvalue weighted by Crippen LogP contribution is 2.55. The number of alkyl halides is 7. The first-order chi connectivity index (χ1) is 6.47. The molecule has 0 N–H and O–H groups in total. The highest BCUT2D eigenvalue weighted by molar-refractivity contribution is 4.94. The lowest BCUT2D eigenvalue weighted by Gasteiger charge is -2.25. The zero-order valence-electron chi connectivity index (χ0n) is 7.17. The van der Waals surface area contributed by atoms with Crippen LogP contribution in [0.4, 0.5) is 30.7 Å². The van der Waals surface area contributed by atoms with E-state index in [2.05, 4.69) is 9.47 Å². The molecule has 0 radical (unpaired) electrons. The molecule has 0 saturated carbocycles. The lowest BCUT2D eigenvalue weighted by molar-refractivity contribution is -0.394. The van der Waals surface area contributed by atoms with Gasteiger partial charge in [-0.3, -0.25) is 9.47 Å². The Balaban J connectivity index is 3.12. The molecule has 0 bridgehead atoms. The molecule has 1 aliphatic heterocycles. The molecule has 1 rings (SSSR count). The van der Waals surface area contributed by atoms with E-state index in [0.29, 0.717) is 6.92 Å². The standard InChI is InChI=1S/C6H5F7O2/c1-3(2-7)14-4(8,5(9,10)11)6(12,13)15-3/h2H2,1H3. The number of ether oxygens (including phenoxy) is 2. The second-order valence-corrected chi connectivity index (χ2v) is 3.08. The van der Waals surface area contributed by atoms with Crippen molar-refractivity contribution in [2.45, 2.75) is 30.9 Å². The van der Waals surface area contributed by atoms with E-state index in [1.54, 1.807) is 0 Å². The molecule has 2 unspecified atom stereocenters. The smallest absolute Gasteiger partial charge is 0.297 e. The van der Waals surface area contributed by atoms with Gasteiger partial charge in [-0.15, -0.1) is 0 Å². The maximum Gasteiger partial charge on any atom is 0.458 e. The van der Waals surface area contributed by atoms with Gasteiger partial charge in [0.1, 0.15) is 6.67 Å². The molecular weight excluding hydrogens is 237 g/mol. The lowest BCUT2D eigenvalue weighted by Crippen LogP contribution is -2.53. The minimum Gasteiger partial charge on any atom is -0.297 e. The maximum atomic E-state index is 12.9. The van der Waals surface area contributed by atoms with Crippen LogP contribution < -0.4 is 0 Å². The summed E-state index contributed by atoms with van der Waals surface area (Å²) in [6.07, 6.45) is -11.3. The largest absolute Gasteiger partial charge is 0.458 e. The predicted molar refractivity (Wildman–Crippen MR) is 31.4 cm³/mol. The third kappa shape index (κ3) is 1.67. The Morgan fingerprint density at radius 3 is 1.73 bits per heavy atom. The van der Waals surface area contributed by atoms with Gasteiger partial charge in [0.05, 0.1) is 0 Å². The van der Waals surface area contributed by atoms with Gasteiger partial charge in [0.25, 0.3) is 0 Å². The summed E-state index contributed by atoms with van der Waals surface area (Å²) in [5.41, 5.74) is 0. The topological polar surface area (TPSA) is 18.5 Å². The van der Waals surface area contributed by atoms with Crippen molar-refractivity contribution < 1.29 is 40.2 Å². The average molecular weight is 242 g/mol. The predicted octanol–water partition coefficient (Wildman–Crippen LogP) is 2.54. The summed E-state index contributed by atoms with van der Waals surface area (Å²) in [4.78, 5) is 0. The summed E-state index contributed by atoms with van der Waals surface area (Å²) in [6, 6.07) is 0. The second kappa shape index (κ2) is 2.97. The van der Waals surface area contributed by atoms with Crippen LogP contribution in [0.15, 0.2) is 0 Å². The van der Waals surface area contributed by atoms with Crippen molar-refractivity contribution >= 4 is 0 Å². The van der Waals surface area contributed by atoms with Crippen LogP contribution in [-0.4, -0.2) is 30.6 Å². The highest BCUT2D eigenvalue weighted by Gasteiger charge is 2.81. The molecule has 0 aromatic carbocycles. The third-order valence-electron chi connectivity index (χ3n) is 1.68. The SMILES string of the molecule is CC1(CF)OC(F)(F)C(F)(C(F)(F)F)O1. The van der Waals surface area contributed by atoms with Gasteiger partial charge in [-0.05, 0) is 6.92 Å². The summed E-state index contributed by atoms with van der Waals surface area (Å²) in [5.74, 6) is -8.28. The van der Waals surface area contributed by atoms with Gasteiger partial charge in [-0.1, -0.05) is 0 Å². The van der Waals surface area contributed by atoms with Gasteiger partial charge < -0.3 is 0 Å². The fourth-order valence-electron chi connectivity index (χ4n) is 0.992. The van der Waals surface area contributed by atoms with Crippen molar-refractivity contribution in [3.8, 4) is 0 Å². The Hall–Kier alpha value is -0.570. The minimum atomic E-state index is -6.02. The molecule has 2 nitrogen and oxygen atoms in total. The first-order valence-corrected chi connectivity index (χ1v) is 3.57. The molecular formula is C6H5F7O2. The quantitative estimate of drug-likeness (QED) is 0.658. The Labute approximate surface area is 78.9 Å². The van der Waals surface area contributed by atoms with E-state index < -0.39 is 30.6 Å². The molecule has 1 saturated heterocycles. The fourth-order valence-corrected chi connectivity index (χ4v) is 0.992. The van der Waals surface area contributed by atoms with Crippen molar-refractivity contribution in [2.75, 3.05) is 6.67 Å². The normalized spacial score (nSPS) is 40.8. The van der Waals surface area contributed by atoms with Crippen molar-refractivity contribution in [3.05, 3.63) is 0 Å². The van der Waals surface area contributed by atoms with Crippen LogP contribution in [0.25, 0.3) is 0 Å². The van der Waals surface area contributed by atoms with Crippen LogP contribution >= 0.6 is 0 Å². The molecule has 0 aromatic rings. The van der Waals surface area contributed by atoms with E-state index in [4.69, 9.17) is 0 Å². The molecule has 1 fully saturated rings. The molecule has 0 aromatic heterocycles. The van der Waals surface area contributed by atoms with Gasteiger partial charge in [0.2, 0.25) is 5.79 Å². The summed E-state index contributed by atoms with van der Waals surface area (Å²) in [6.45, 7) is -1.40. The number of hydrogen-bond donors (Lipinski definition) is 0. The first kappa shape index (κ1) is 12.5. The monoisotopic (exact) mass is 242 g/mol. The van der Waals surface area contributed by atoms with Crippen LogP contribution in [0.3, 0.4) is 0 Å². The third-order valence-corrected chi connectivity index (χ3v) is 1.68. The molecule has 0 aliphatic carbocycles. The Kier molecular flexibility index (Phi) is 2.48. The zero-order chi connectivity index (χ0) is 12.1. The van der Waals surface area contributed by atoms with Crippen molar-refractivity contribution in [2.24, 2.45) is 0 Å². The van der Waals surface area contributed by atoms with E-state index in [9.17, 15) is 30.7 Å². The summed E-state index contributed by atoms with van der Waals surface area (Å²) >= 11 is 0. The summed E-state index contributed by atoms with van der Waals surface area (Å²) in [7, 11) is 0. The van der Waals surface area contributed by atoms with Crippen LogP contribution in [0, 0.1) is 0 Å². The maximum absolute atomic E-state index is 12.9. The van der Waals surface area contributed by atoms with Crippen LogP contribution in [0.5, 0.6) is 0 Å². The Morgan fingerprint density at radius 1 is 1.07 bits per heavy atom. The van der Waals surface area contributed by atoms with Gasteiger partial charge >= 0.3 is 18.1 Å². The number of hydrogen-bond acceptors (Lipinski definition) is 2. The first-order valence-electron chi connectivity index (χ1n) is 3.57. The van der Waals surface area contributed by atoms with Gasteiger partial charge in [-0.2, -0.15) is 26.3 Å². The van der Waals surface area contributed by atoms with E-state index in [-0.39, 0.29) is 0 Å². The summed E-state index contributed by atoms with van der Waals surface area (Å²) in [5, 5.41) is 0. The van der Waals surface area contributed by atoms with Crippen molar-refractivity contribution in [1.29, 1.82) is 0 Å². The van der Waals surface area contributed by atoms with E-state index in [1.807, 2.05) is 0 Å². The van der Waals surface area contributed by atoms with E-state index in [0.717, 1.165) is 0 Å². The van der Waals surface area contributed by atoms with Crippen molar-refractivity contribution in [3.63, 3.8) is 0 Å². The van der Waals surface area contributed by atoms with Crippen LogP contribution in [-0.2, 0) is 9.47 Å². The molecule has 2 atom stereocenters. The molecule has 15 heavy (non-hydrogen) atoms. The van der Waals surface area contributed by atoms with E-state index in [1.165, 1.54) is 0 Å².